The number of rotatable bonds is 6. The number of likely N-dealkylation sites (tertiary alicyclic amines) is 1. The minimum absolute atomic E-state index is 0.150. The lowest BCUT2D eigenvalue weighted by atomic mass is 9.88. The third-order valence-corrected chi connectivity index (χ3v) is 8.29. The Kier molecular flexibility index (Phi) is 7.31. The van der Waals surface area contributed by atoms with Crippen LogP contribution < -0.4 is 4.90 Å². The highest BCUT2D eigenvalue weighted by molar-refractivity contribution is 6.30. The van der Waals surface area contributed by atoms with Crippen molar-refractivity contribution in [2.24, 2.45) is 5.92 Å². The molecule has 2 aliphatic heterocycles. The number of fused-ring (bicyclic) bond motifs is 1. The molecule has 0 N–H and O–H groups in total. The number of nitrogens with zero attached hydrogens (tertiary/aromatic N) is 5. The van der Waals surface area contributed by atoms with Gasteiger partial charge in [0.15, 0.2) is 0 Å². The fourth-order valence-corrected chi connectivity index (χ4v) is 6.46. The molecule has 2 saturated heterocycles. The van der Waals surface area contributed by atoms with Crippen LogP contribution in [0.3, 0.4) is 0 Å². The Morgan fingerprint density at radius 3 is 2.51 bits per heavy atom. The van der Waals surface area contributed by atoms with Crippen molar-refractivity contribution in [3.8, 4) is 0 Å². The first-order chi connectivity index (χ1) is 16.9. The van der Waals surface area contributed by atoms with Crippen molar-refractivity contribution in [3.63, 3.8) is 0 Å². The molecule has 0 saturated carbocycles. The summed E-state index contributed by atoms with van der Waals surface area (Å²) in [6.45, 7) is 12.0. The van der Waals surface area contributed by atoms with Crippen LogP contribution in [0.15, 0.2) is 30.6 Å². The van der Waals surface area contributed by atoms with E-state index in [1.54, 1.807) is 6.33 Å². The van der Waals surface area contributed by atoms with Gasteiger partial charge in [-0.3, -0.25) is 9.69 Å². The van der Waals surface area contributed by atoms with Crippen LogP contribution >= 0.6 is 11.6 Å². The van der Waals surface area contributed by atoms with E-state index < -0.39 is 0 Å². The molecule has 3 heterocycles. The maximum atomic E-state index is 14.1. The molecule has 1 unspecified atom stereocenters. The highest BCUT2D eigenvalue weighted by Crippen LogP contribution is 2.38. The zero-order valence-electron chi connectivity index (χ0n) is 21.3. The first-order valence-electron chi connectivity index (χ1n) is 13.3. The number of hydrogen-bond acceptors (Lipinski definition) is 5. The molecule has 3 atom stereocenters. The van der Waals surface area contributed by atoms with Gasteiger partial charge in [0.05, 0.1) is 5.92 Å². The summed E-state index contributed by atoms with van der Waals surface area (Å²) in [5.74, 6) is 2.28. The molecule has 6 nitrogen and oxygen atoms in total. The number of carbonyl (C=O) groups excluding carboxylic acids is 1. The molecule has 1 amide bonds. The average Bonchev–Trinajstić information content (AvgIpc) is 3.46. The number of amides is 1. The third-order valence-electron chi connectivity index (χ3n) is 8.04. The second-order valence-electron chi connectivity index (χ2n) is 10.9. The van der Waals surface area contributed by atoms with Gasteiger partial charge < -0.3 is 9.80 Å². The van der Waals surface area contributed by atoms with Crippen LogP contribution in [0.5, 0.6) is 0 Å². The van der Waals surface area contributed by atoms with Gasteiger partial charge in [-0.2, -0.15) is 0 Å². The van der Waals surface area contributed by atoms with Gasteiger partial charge in [-0.05, 0) is 61.8 Å². The number of aryl methyl sites for hydroxylation is 1. The van der Waals surface area contributed by atoms with Crippen molar-refractivity contribution in [1.29, 1.82) is 0 Å². The monoisotopic (exact) mass is 495 g/mol. The highest BCUT2D eigenvalue weighted by atomic mass is 35.5. The van der Waals surface area contributed by atoms with Gasteiger partial charge in [0, 0.05) is 55.0 Å². The van der Waals surface area contributed by atoms with Crippen molar-refractivity contribution in [2.75, 3.05) is 44.2 Å². The summed E-state index contributed by atoms with van der Waals surface area (Å²) in [5.41, 5.74) is 3.61. The Bertz CT molecular complexity index is 1030. The maximum absolute atomic E-state index is 14.1. The van der Waals surface area contributed by atoms with Crippen LogP contribution in [0.2, 0.25) is 5.02 Å². The largest absolute Gasteiger partial charge is 0.353 e. The molecule has 1 aromatic heterocycles. The summed E-state index contributed by atoms with van der Waals surface area (Å²) in [7, 11) is 0. The van der Waals surface area contributed by atoms with Gasteiger partial charge in [-0.1, -0.05) is 44.5 Å². The predicted octanol–water partition coefficient (Wildman–Crippen LogP) is 4.73. The van der Waals surface area contributed by atoms with Crippen molar-refractivity contribution in [3.05, 3.63) is 52.4 Å². The Hall–Kier alpha value is -2.18. The van der Waals surface area contributed by atoms with E-state index in [2.05, 4.69) is 57.6 Å². The zero-order chi connectivity index (χ0) is 24.5. The van der Waals surface area contributed by atoms with Gasteiger partial charge in [0.1, 0.15) is 12.1 Å². The molecule has 7 heteroatoms. The molecular weight excluding hydrogens is 458 g/mol. The lowest BCUT2D eigenvalue weighted by molar-refractivity contribution is -0.134. The second kappa shape index (κ2) is 10.4. The number of benzene rings is 1. The van der Waals surface area contributed by atoms with E-state index in [1.807, 2.05) is 12.1 Å². The minimum Gasteiger partial charge on any atom is -0.353 e. The van der Waals surface area contributed by atoms with E-state index in [0.717, 1.165) is 76.3 Å². The first-order valence-corrected chi connectivity index (χ1v) is 13.7. The third kappa shape index (κ3) is 5.05. The van der Waals surface area contributed by atoms with E-state index >= 15 is 0 Å². The van der Waals surface area contributed by atoms with Crippen molar-refractivity contribution in [1.82, 2.24) is 19.8 Å². The molecule has 0 bridgehead atoms. The quantitative estimate of drug-likeness (QED) is 0.579. The topological polar surface area (TPSA) is 52.6 Å². The van der Waals surface area contributed by atoms with E-state index in [0.29, 0.717) is 16.9 Å². The number of anilines is 1. The Morgan fingerprint density at radius 1 is 1.06 bits per heavy atom. The van der Waals surface area contributed by atoms with Gasteiger partial charge in [0.25, 0.3) is 0 Å². The molecule has 5 rings (SSSR count). The summed E-state index contributed by atoms with van der Waals surface area (Å²) in [6.07, 6.45) is 6.12. The molecule has 1 aliphatic carbocycles. The molecule has 35 heavy (non-hydrogen) atoms. The van der Waals surface area contributed by atoms with Crippen LogP contribution in [-0.2, 0) is 11.2 Å². The molecule has 2 aromatic rings. The fourth-order valence-electron chi connectivity index (χ4n) is 6.33. The maximum Gasteiger partial charge on any atom is 0.231 e. The second-order valence-corrected chi connectivity index (χ2v) is 11.4. The van der Waals surface area contributed by atoms with Crippen LogP contribution in [0.25, 0.3) is 0 Å². The van der Waals surface area contributed by atoms with Gasteiger partial charge in [-0.15, -0.1) is 0 Å². The van der Waals surface area contributed by atoms with E-state index in [4.69, 9.17) is 11.6 Å². The molecule has 0 spiro atoms. The van der Waals surface area contributed by atoms with E-state index in [9.17, 15) is 4.79 Å². The molecular formula is C28H38ClN5O. The van der Waals surface area contributed by atoms with E-state index in [-0.39, 0.29) is 17.9 Å². The Balaban J connectivity index is 1.34. The summed E-state index contributed by atoms with van der Waals surface area (Å²) in [4.78, 5) is 30.3. The van der Waals surface area contributed by atoms with Crippen LogP contribution in [0.1, 0.15) is 68.7 Å². The first kappa shape index (κ1) is 24.5. The number of carbonyl (C=O) groups is 1. The summed E-state index contributed by atoms with van der Waals surface area (Å²) < 4.78 is 0. The average molecular weight is 496 g/mol. The number of piperazine rings is 1. The van der Waals surface area contributed by atoms with Crippen molar-refractivity contribution >= 4 is 23.3 Å². The normalized spacial score (nSPS) is 23.7. The Morgan fingerprint density at radius 2 is 1.80 bits per heavy atom. The van der Waals surface area contributed by atoms with Crippen LogP contribution in [0, 0.1) is 5.92 Å². The zero-order valence-corrected chi connectivity index (χ0v) is 22.0. The molecule has 188 valence electrons. The highest BCUT2D eigenvalue weighted by Gasteiger charge is 2.40. The minimum atomic E-state index is -0.150. The molecule has 1 aromatic carbocycles. The summed E-state index contributed by atoms with van der Waals surface area (Å²) in [6, 6.07) is 8.20. The molecule has 3 aliphatic rings. The van der Waals surface area contributed by atoms with Gasteiger partial charge >= 0.3 is 0 Å². The summed E-state index contributed by atoms with van der Waals surface area (Å²) >= 11 is 6.20. The SMILES string of the molecule is CC(C)CN1CCC[C@H]1[C@@H](C(=O)N1CCN(c2ncnc3c2C(C)CC3)CC1)c1ccc(Cl)cc1. The standard InChI is InChI=1S/C28H38ClN5O/c1-19(2)17-34-12-4-5-24(34)26(21-7-9-22(29)10-8-21)28(35)33-15-13-32(14-16-33)27-25-20(3)6-11-23(25)30-18-31-27/h7-10,18-20,24,26H,4-6,11-17H2,1-3H3/t20?,24-,26-/m0/s1. The Labute approximate surface area is 214 Å². The van der Waals surface area contributed by atoms with Crippen molar-refractivity contribution < 1.29 is 4.79 Å². The van der Waals surface area contributed by atoms with Gasteiger partial charge in [0.2, 0.25) is 5.91 Å². The fraction of sp³-hybridized carbons (Fsp3) is 0.607. The number of halogens is 1. The van der Waals surface area contributed by atoms with E-state index in [1.165, 1.54) is 11.3 Å². The number of hydrogen-bond donors (Lipinski definition) is 0. The molecule has 0 radical (unpaired) electrons. The lowest BCUT2D eigenvalue weighted by Crippen LogP contribution is -2.53. The predicted molar refractivity (Wildman–Crippen MR) is 141 cm³/mol. The van der Waals surface area contributed by atoms with Crippen molar-refractivity contribution in [2.45, 2.75) is 64.3 Å². The molecule has 2 fully saturated rings. The van der Waals surface area contributed by atoms with Gasteiger partial charge in [-0.25, -0.2) is 9.97 Å². The van der Waals surface area contributed by atoms with Crippen LogP contribution in [0.4, 0.5) is 5.82 Å². The summed E-state index contributed by atoms with van der Waals surface area (Å²) in [5, 5.41) is 0.714. The number of aromatic nitrogens is 2. The van der Waals surface area contributed by atoms with Crippen LogP contribution in [-0.4, -0.2) is 71.0 Å². The smallest absolute Gasteiger partial charge is 0.231 e. The lowest BCUT2D eigenvalue weighted by Gasteiger charge is -2.40.